The quantitative estimate of drug-likeness (QED) is 0.636. The average Bonchev–Trinajstić information content (AvgIpc) is 2.55. The predicted octanol–water partition coefficient (Wildman–Crippen LogP) is 2.38. The number of carbonyl (C=O) groups excluding carboxylic acids is 1. The molecule has 5 nitrogen and oxygen atoms in total. The first-order valence-corrected chi connectivity index (χ1v) is 12.7. The van der Waals surface area contributed by atoms with Gasteiger partial charge in [0.05, 0.1) is 5.75 Å². The zero-order valence-corrected chi connectivity index (χ0v) is 17.1. The molecule has 1 unspecified atom stereocenters. The summed E-state index contributed by atoms with van der Waals surface area (Å²) in [7, 11) is -3.38. The Bertz CT molecular complexity index is 556. The maximum absolute atomic E-state index is 12.7. The first kappa shape index (κ1) is 19.5. The van der Waals surface area contributed by atoms with Crippen LogP contribution < -0.4 is 10.0 Å². The second-order valence-corrected chi connectivity index (χ2v) is 11.5. The largest absolute Gasteiger partial charge is 0.354 e. The summed E-state index contributed by atoms with van der Waals surface area (Å²) in [6, 6.07) is -0.647. The molecule has 7 heteroatoms. The summed E-state index contributed by atoms with van der Waals surface area (Å²) >= 11 is 1.63. The second kappa shape index (κ2) is 7.77. The van der Waals surface area contributed by atoms with E-state index in [1.807, 2.05) is 6.26 Å². The van der Waals surface area contributed by atoms with Crippen molar-refractivity contribution in [1.82, 2.24) is 10.0 Å². The predicted molar refractivity (Wildman–Crippen MR) is 103 cm³/mol. The number of hydrogen-bond acceptors (Lipinski definition) is 4. The Morgan fingerprint density at radius 3 is 2.20 bits per heavy atom. The minimum atomic E-state index is -3.38. The van der Waals surface area contributed by atoms with Crippen LogP contribution in [0.3, 0.4) is 0 Å². The van der Waals surface area contributed by atoms with E-state index >= 15 is 0 Å². The van der Waals surface area contributed by atoms with Gasteiger partial charge in [-0.2, -0.15) is 11.8 Å². The molecular formula is C18H32N2O3S2. The van der Waals surface area contributed by atoms with Crippen molar-refractivity contribution in [3.63, 3.8) is 0 Å². The van der Waals surface area contributed by atoms with E-state index in [1.165, 1.54) is 38.5 Å². The van der Waals surface area contributed by atoms with Crippen LogP contribution in [0.25, 0.3) is 0 Å². The summed E-state index contributed by atoms with van der Waals surface area (Å²) in [5.41, 5.74) is 0.276. The molecule has 4 rings (SSSR count). The van der Waals surface area contributed by atoms with E-state index in [-0.39, 0.29) is 17.1 Å². The van der Waals surface area contributed by atoms with Gasteiger partial charge in [-0.05, 0) is 87.0 Å². The molecule has 144 valence electrons. The zero-order chi connectivity index (χ0) is 18.1. The summed E-state index contributed by atoms with van der Waals surface area (Å²) in [6.07, 6.45) is 10.4. The average molecular weight is 389 g/mol. The van der Waals surface area contributed by atoms with Crippen LogP contribution >= 0.6 is 11.8 Å². The summed E-state index contributed by atoms with van der Waals surface area (Å²) in [5.74, 6) is 3.19. The van der Waals surface area contributed by atoms with Crippen LogP contribution in [0.5, 0.6) is 0 Å². The van der Waals surface area contributed by atoms with E-state index in [4.69, 9.17) is 0 Å². The van der Waals surface area contributed by atoms with Gasteiger partial charge in [0.2, 0.25) is 15.9 Å². The van der Waals surface area contributed by atoms with Gasteiger partial charge in [-0.15, -0.1) is 0 Å². The van der Waals surface area contributed by atoms with Crippen molar-refractivity contribution in [3.8, 4) is 0 Å². The van der Waals surface area contributed by atoms with Crippen molar-refractivity contribution < 1.29 is 13.2 Å². The van der Waals surface area contributed by atoms with Gasteiger partial charge >= 0.3 is 0 Å². The summed E-state index contributed by atoms with van der Waals surface area (Å²) in [4.78, 5) is 12.7. The maximum Gasteiger partial charge on any atom is 0.238 e. The Kier molecular flexibility index (Phi) is 6.06. The zero-order valence-electron chi connectivity index (χ0n) is 15.4. The van der Waals surface area contributed by atoms with Gasteiger partial charge in [-0.25, -0.2) is 13.1 Å². The fourth-order valence-corrected chi connectivity index (χ4v) is 6.98. The lowest BCUT2D eigenvalue weighted by molar-refractivity contribution is -0.124. The molecular weight excluding hydrogens is 356 g/mol. The molecule has 0 heterocycles. The minimum absolute atomic E-state index is 0.00499. The SMILES string of the molecule is CCS(=O)(=O)NC(CCSC)C(=O)NCC12CC3CC(CC(C3)C1)C2. The third-order valence-electron chi connectivity index (χ3n) is 6.43. The van der Waals surface area contributed by atoms with Crippen molar-refractivity contribution >= 4 is 27.7 Å². The molecule has 4 aliphatic rings. The number of amides is 1. The number of nitrogens with one attached hydrogen (secondary N) is 2. The molecule has 0 spiro atoms. The third kappa shape index (κ3) is 4.72. The molecule has 0 saturated heterocycles. The maximum atomic E-state index is 12.7. The Morgan fingerprint density at radius 2 is 1.72 bits per heavy atom. The molecule has 1 atom stereocenters. The fourth-order valence-electron chi connectivity index (χ4n) is 5.68. The monoisotopic (exact) mass is 388 g/mol. The van der Waals surface area contributed by atoms with Crippen molar-refractivity contribution in [2.75, 3.05) is 24.3 Å². The minimum Gasteiger partial charge on any atom is -0.354 e. The van der Waals surface area contributed by atoms with Crippen LogP contribution in [0.1, 0.15) is 51.9 Å². The standard InChI is InChI=1S/C18H32N2O3S2/c1-3-25(22,23)20-16(4-5-24-2)17(21)19-12-18-9-13-6-14(10-18)8-15(7-13)11-18/h13-16,20H,3-12H2,1-2H3,(H,19,21). The van der Waals surface area contributed by atoms with Gasteiger partial charge < -0.3 is 5.32 Å². The number of thioether (sulfide) groups is 1. The number of carbonyl (C=O) groups is 1. The smallest absolute Gasteiger partial charge is 0.238 e. The fraction of sp³-hybridized carbons (Fsp3) is 0.944. The van der Waals surface area contributed by atoms with Crippen LogP contribution in [0, 0.1) is 23.2 Å². The van der Waals surface area contributed by atoms with Crippen molar-refractivity contribution in [2.45, 2.75) is 57.9 Å². The lowest BCUT2D eigenvalue weighted by Crippen LogP contribution is -2.54. The van der Waals surface area contributed by atoms with Crippen LogP contribution in [0.15, 0.2) is 0 Å². The first-order chi connectivity index (χ1) is 11.8. The van der Waals surface area contributed by atoms with Crippen LogP contribution in [-0.2, 0) is 14.8 Å². The van der Waals surface area contributed by atoms with E-state index in [2.05, 4.69) is 10.0 Å². The Morgan fingerprint density at radius 1 is 1.16 bits per heavy atom. The molecule has 4 fully saturated rings. The second-order valence-electron chi connectivity index (χ2n) is 8.49. The molecule has 0 aromatic rings. The summed E-state index contributed by atoms with van der Waals surface area (Å²) in [6.45, 7) is 2.32. The van der Waals surface area contributed by atoms with Crippen LogP contribution in [-0.4, -0.2) is 44.7 Å². The molecule has 0 aromatic carbocycles. The highest BCUT2D eigenvalue weighted by atomic mass is 32.2. The van der Waals surface area contributed by atoms with Crippen LogP contribution in [0.4, 0.5) is 0 Å². The summed E-state index contributed by atoms with van der Waals surface area (Å²) in [5, 5.41) is 3.12. The Labute approximate surface area is 156 Å². The van der Waals surface area contributed by atoms with Gasteiger partial charge in [0.1, 0.15) is 6.04 Å². The highest BCUT2D eigenvalue weighted by molar-refractivity contribution is 7.98. The number of rotatable bonds is 9. The molecule has 4 bridgehead atoms. The molecule has 4 aliphatic carbocycles. The van der Waals surface area contributed by atoms with E-state index < -0.39 is 16.1 Å². The first-order valence-electron chi connectivity index (χ1n) is 9.61. The van der Waals surface area contributed by atoms with Crippen molar-refractivity contribution in [2.24, 2.45) is 23.2 Å². The molecule has 2 N–H and O–H groups in total. The van der Waals surface area contributed by atoms with Crippen molar-refractivity contribution in [1.29, 1.82) is 0 Å². The topological polar surface area (TPSA) is 75.3 Å². The Hall–Kier alpha value is -0.270. The molecule has 0 radical (unpaired) electrons. The van der Waals surface area contributed by atoms with E-state index in [9.17, 15) is 13.2 Å². The molecule has 1 amide bonds. The van der Waals surface area contributed by atoms with Gasteiger partial charge in [0, 0.05) is 6.54 Å². The van der Waals surface area contributed by atoms with Crippen molar-refractivity contribution in [3.05, 3.63) is 0 Å². The highest BCUT2D eigenvalue weighted by Crippen LogP contribution is 2.59. The Balaban J connectivity index is 1.59. The molecule has 4 saturated carbocycles. The highest BCUT2D eigenvalue weighted by Gasteiger charge is 2.50. The van der Waals surface area contributed by atoms with Gasteiger partial charge in [-0.3, -0.25) is 4.79 Å². The number of sulfonamides is 1. The third-order valence-corrected chi connectivity index (χ3v) is 8.48. The van der Waals surface area contributed by atoms with Crippen LogP contribution in [0.2, 0.25) is 0 Å². The summed E-state index contributed by atoms with van der Waals surface area (Å²) < 4.78 is 26.4. The van der Waals surface area contributed by atoms with Gasteiger partial charge in [-0.1, -0.05) is 0 Å². The molecule has 0 aliphatic heterocycles. The van der Waals surface area contributed by atoms with E-state index in [1.54, 1.807) is 18.7 Å². The lowest BCUT2D eigenvalue weighted by Gasteiger charge is -2.57. The van der Waals surface area contributed by atoms with E-state index in [0.717, 1.165) is 30.1 Å². The molecule has 0 aromatic heterocycles. The van der Waals surface area contributed by atoms with Gasteiger partial charge in [0.25, 0.3) is 0 Å². The normalized spacial score (nSPS) is 34.9. The lowest BCUT2D eigenvalue weighted by atomic mass is 9.49. The molecule has 25 heavy (non-hydrogen) atoms. The van der Waals surface area contributed by atoms with E-state index in [0.29, 0.717) is 6.42 Å². The number of hydrogen-bond donors (Lipinski definition) is 2. The van der Waals surface area contributed by atoms with Gasteiger partial charge in [0.15, 0.2) is 0 Å².